The van der Waals surface area contributed by atoms with Gasteiger partial charge < -0.3 is 5.32 Å². The molecule has 0 bridgehead atoms. The SMILES string of the molecule is CCC(=O)NC(N=C1C(=O)N(c2ccccc2)N(C)C1C)(C(F)(F)F)C(F)(F)F. The third-order valence-corrected chi connectivity index (χ3v) is 4.43. The molecule has 0 aromatic heterocycles. The van der Waals surface area contributed by atoms with Crippen molar-refractivity contribution in [3.8, 4) is 0 Å². The number of alkyl halides is 6. The molecular formula is C17H18F6N4O2. The molecule has 0 saturated carbocycles. The Morgan fingerprint density at radius 2 is 1.62 bits per heavy atom. The van der Waals surface area contributed by atoms with Gasteiger partial charge >= 0.3 is 18.0 Å². The number of hydrogen-bond donors (Lipinski definition) is 1. The number of hydrogen-bond acceptors (Lipinski definition) is 4. The van der Waals surface area contributed by atoms with E-state index in [-0.39, 0.29) is 5.69 Å². The van der Waals surface area contributed by atoms with Crippen molar-refractivity contribution < 1.29 is 35.9 Å². The predicted molar refractivity (Wildman–Crippen MR) is 91.9 cm³/mol. The smallest absolute Gasteiger partial charge is 0.317 e. The normalized spacial score (nSPS) is 20.4. The zero-order valence-electron chi connectivity index (χ0n) is 15.6. The van der Waals surface area contributed by atoms with Gasteiger partial charge in [0.05, 0.1) is 11.7 Å². The number of halogens is 6. The molecule has 1 aromatic rings. The highest BCUT2D eigenvalue weighted by molar-refractivity contribution is 6.47. The minimum atomic E-state index is -6.04. The van der Waals surface area contributed by atoms with Crippen LogP contribution in [0.1, 0.15) is 20.3 Å². The predicted octanol–water partition coefficient (Wildman–Crippen LogP) is 3.06. The molecule has 0 spiro atoms. The summed E-state index contributed by atoms with van der Waals surface area (Å²) in [5.41, 5.74) is -5.69. The number of hydrazine groups is 1. The summed E-state index contributed by atoms with van der Waals surface area (Å²) in [6.45, 7) is 2.33. The lowest BCUT2D eigenvalue weighted by Crippen LogP contribution is -2.67. The van der Waals surface area contributed by atoms with Crippen molar-refractivity contribution >= 4 is 23.2 Å². The Labute approximate surface area is 162 Å². The fourth-order valence-electron chi connectivity index (χ4n) is 2.72. The molecule has 29 heavy (non-hydrogen) atoms. The quantitative estimate of drug-likeness (QED) is 0.756. The van der Waals surface area contributed by atoms with Crippen LogP contribution in [-0.4, -0.2) is 53.6 Å². The van der Waals surface area contributed by atoms with E-state index in [9.17, 15) is 35.9 Å². The largest absolute Gasteiger partial charge is 0.441 e. The lowest BCUT2D eigenvalue weighted by atomic mass is 10.1. The van der Waals surface area contributed by atoms with E-state index in [1.54, 1.807) is 18.2 Å². The monoisotopic (exact) mass is 424 g/mol. The van der Waals surface area contributed by atoms with Gasteiger partial charge in [-0.15, -0.1) is 0 Å². The second-order valence-electron chi connectivity index (χ2n) is 6.31. The van der Waals surface area contributed by atoms with E-state index in [4.69, 9.17) is 0 Å². The molecule has 1 aromatic carbocycles. The number of benzene rings is 1. The van der Waals surface area contributed by atoms with Crippen molar-refractivity contribution in [3.63, 3.8) is 0 Å². The van der Waals surface area contributed by atoms with Crippen molar-refractivity contribution in [2.24, 2.45) is 4.99 Å². The van der Waals surface area contributed by atoms with Crippen LogP contribution in [0.15, 0.2) is 35.3 Å². The average Bonchev–Trinajstić information content (AvgIpc) is 2.82. The Morgan fingerprint density at radius 3 is 2.07 bits per heavy atom. The van der Waals surface area contributed by atoms with Crippen LogP contribution in [0.5, 0.6) is 0 Å². The van der Waals surface area contributed by atoms with Gasteiger partial charge in [0.25, 0.3) is 5.91 Å². The number of aliphatic imine (C=N–C) groups is 1. The maximum atomic E-state index is 13.6. The summed E-state index contributed by atoms with van der Waals surface area (Å²) in [4.78, 5) is 27.1. The molecule has 0 radical (unpaired) electrons. The van der Waals surface area contributed by atoms with E-state index < -0.39 is 48.0 Å². The van der Waals surface area contributed by atoms with E-state index in [2.05, 4.69) is 4.99 Å². The lowest BCUT2D eigenvalue weighted by Gasteiger charge is -2.34. The van der Waals surface area contributed by atoms with Crippen molar-refractivity contribution in [2.75, 3.05) is 12.1 Å². The van der Waals surface area contributed by atoms with Crippen molar-refractivity contribution in [1.29, 1.82) is 0 Å². The van der Waals surface area contributed by atoms with Crippen LogP contribution in [-0.2, 0) is 9.59 Å². The first-order chi connectivity index (χ1) is 13.3. The van der Waals surface area contributed by atoms with Crippen LogP contribution in [0.25, 0.3) is 0 Å². The van der Waals surface area contributed by atoms with Crippen LogP contribution in [0.2, 0.25) is 0 Å². The molecule has 160 valence electrons. The van der Waals surface area contributed by atoms with E-state index >= 15 is 0 Å². The molecule has 1 atom stereocenters. The van der Waals surface area contributed by atoms with Gasteiger partial charge in [-0.1, -0.05) is 25.1 Å². The zero-order valence-corrected chi connectivity index (χ0v) is 15.6. The Kier molecular flexibility index (Phi) is 5.98. The van der Waals surface area contributed by atoms with Gasteiger partial charge in [-0.25, -0.2) is 15.0 Å². The summed E-state index contributed by atoms with van der Waals surface area (Å²) in [7, 11) is 1.32. The molecule has 2 amide bonds. The van der Waals surface area contributed by atoms with Gasteiger partial charge in [-0.05, 0) is 19.1 Å². The Bertz CT molecular complexity index is 792. The van der Waals surface area contributed by atoms with Gasteiger partial charge in [-0.3, -0.25) is 9.59 Å². The van der Waals surface area contributed by atoms with Gasteiger partial charge in [0.2, 0.25) is 5.91 Å². The van der Waals surface area contributed by atoms with Crippen LogP contribution in [0, 0.1) is 0 Å². The number of anilines is 1. The number of para-hydroxylation sites is 1. The Hall–Kier alpha value is -2.63. The van der Waals surface area contributed by atoms with Crippen molar-refractivity contribution in [1.82, 2.24) is 10.3 Å². The summed E-state index contributed by atoms with van der Waals surface area (Å²) in [5.74, 6) is -2.68. The first-order valence-corrected chi connectivity index (χ1v) is 8.43. The highest BCUT2D eigenvalue weighted by Gasteiger charge is 2.73. The molecule has 1 N–H and O–H groups in total. The number of amides is 2. The first-order valence-electron chi connectivity index (χ1n) is 8.43. The molecule has 6 nitrogen and oxygen atoms in total. The number of rotatable bonds is 4. The molecule has 2 rings (SSSR count). The van der Waals surface area contributed by atoms with E-state index in [1.807, 2.05) is 0 Å². The van der Waals surface area contributed by atoms with Gasteiger partial charge in [0, 0.05) is 13.5 Å². The molecular weight excluding hydrogens is 406 g/mol. The summed E-state index contributed by atoms with van der Waals surface area (Å²) >= 11 is 0. The number of nitrogens with one attached hydrogen (secondary N) is 1. The number of carbonyl (C=O) groups is 2. The fourth-order valence-corrected chi connectivity index (χ4v) is 2.72. The second-order valence-corrected chi connectivity index (χ2v) is 6.31. The summed E-state index contributed by atoms with van der Waals surface area (Å²) in [6.07, 6.45) is -12.7. The van der Waals surface area contributed by atoms with E-state index in [1.165, 1.54) is 26.1 Å². The highest BCUT2D eigenvalue weighted by Crippen LogP contribution is 2.45. The molecule has 1 aliphatic heterocycles. The van der Waals surface area contributed by atoms with Crippen LogP contribution in [0.3, 0.4) is 0 Å². The standard InChI is InChI=1S/C17H18F6N4O2/c1-4-12(28)24-15(16(18,19)20,17(21,22)23)25-13-10(2)26(3)27(14(13)29)11-8-6-5-7-9-11/h5-10H,4H2,1-3H3,(H,24,28). The van der Waals surface area contributed by atoms with E-state index in [0.717, 1.165) is 22.3 Å². The van der Waals surface area contributed by atoms with Crippen LogP contribution in [0.4, 0.5) is 32.0 Å². The maximum absolute atomic E-state index is 13.6. The first kappa shape index (κ1) is 22.7. The Morgan fingerprint density at radius 1 is 1.10 bits per heavy atom. The Balaban J connectivity index is 2.66. The minimum absolute atomic E-state index is 0.235. The average molecular weight is 424 g/mol. The minimum Gasteiger partial charge on any atom is -0.317 e. The molecule has 1 heterocycles. The van der Waals surface area contributed by atoms with Gasteiger partial charge in [0.15, 0.2) is 0 Å². The fraction of sp³-hybridized carbons (Fsp3) is 0.471. The number of carbonyl (C=O) groups excluding carboxylic acids is 2. The number of nitrogens with zero attached hydrogens (tertiary/aromatic N) is 3. The summed E-state index contributed by atoms with van der Waals surface area (Å²) in [5, 5.41) is 3.01. The van der Waals surface area contributed by atoms with Crippen molar-refractivity contribution in [2.45, 2.75) is 44.3 Å². The molecule has 1 saturated heterocycles. The van der Waals surface area contributed by atoms with Crippen LogP contribution >= 0.6 is 0 Å². The van der Waals surface area contributed by atoms with E-state index in [0.29, 0.717) is 0 Å². The maximum Gasteiger partial charge on any atom is 0.441 e. The topological polar surface area (TPSA) is 65.0 Å². The van der Waals surface area contributed by atoms with Gasteiger partial charge in [0.1, 0.15) is 5.71 Å². The van der Waals surface area contributed by atoms with Crippen molar-refractivity contribution in [3.05, 3.63) is 30.3 Å². The third kappa shape index (κ3) is 3.93. The molecule has 1 unspecified atom stereocenters. The third-order valence-electron chi connectivity index (χ3n) is 4.43. The molecule has 1 aliphatic rings. The highest BCUT2D eigenvalue weighted by atomic mass is 19.4. The second kappa shape index (κ2) is 7.65. The van der Waals surface area contributed by atoms with Crippen LogP contribution < -0.4 is 10.3 Å². The van der Waals surface area contributed by atoms with Gasteiger partial charge in [-0.2, -0.15) is 26.3 Å². The summed E-state index contributed by atoms with van der Waals surface area (Å²) < 4.78 is 81.7. The molecule has 0 aliphatic carbocycles. The molecule has 1 fully saturated rings. The molecule has 12 heteroatoms. The lowest BCUT2D eigenvalue weighted by molar-refractivity contribution is -0.303. The zero-order chi connectivity index (χ0) is 22.2. The summed E-state index contributed by atoms with van der Waals surface area (Å²) in [6, 6.07) is 6.43.